The molecule has 0 radical (unpaired) electrons. The van der Waals surface area contributed by atoms with Gasteiger partial charge in [0, 0.05) is 11.8 Å². The van der Waals surface area contributed by atoms with Gasteiger partial charge in [0.25, 0.3) is 5.91 Å². The third-order valence-electron chi connectivity index (χ3n) is 2.15. The molecule has 0 aliphatic rings. The van der Waals surface area contributed by atoms with E-state index >= 15 is 0 Å². The van der Waals surface area contributed by atoms with Crippen molar-refractivity contribution in [3.05, 3.63) is 47.5 Å². The van der Waals surface area contributed by atoms with Gasteiger partial charge in [-0.3, -0.25) is 9.78 Å². The van der Waals surface area contributed by atoms with Crippen molar-refractivity contribution in [2.24, 2.45) is 0 Å². The van der Waals surface area contributed by atoms with Crippen LogP contribution in [0.4, 0.5) is 14.5 Å². The largest absolute Gasteiger partial charge is 0.435 e. The molecule has 0 aliphatic heterocycles. The Morgan fingerprint density at radius 1 is 1.35 bits per heavy atom. The molecule has 5 nitrogen and oxygen atoms in total. The fraction of sp³-hybridized carbons (Fsp3) is 0.0833. The first-order chi connectivity index (χ1) is 9.54. The van der Waals surface area contributed by atoms with E-state index in [0.717, 1.165) is 0 Å². The second-order valence-electron chi connectivity index (χ2n) is 3.59. The summed E-state index contributed by atoms with van der Waals surface area (Å²) >= 11 is 5.62. The van der Waals surface area contributed by atoms with Gasteiger partial charge < -0.3 is 10.1 Å². The van der Waals surface area contributed by atoms with Gasteiger partial charge in [-0.25, -0.2) is 4.98 Å². The maximum atomic E-state index is 12.1. The second-order valence-corrected chi connectivity index (χ2v) is 3.97. The summed E-state index contributed by atoms with van der Waals surface area (Å²) in [6, 6.07) is 5.61. The van der Waals surface area contributed by atoms with Crippen LogP contribution < -0.4 is 10.1 Å². The molecule has 0 aliphatic carbocycles. The molecule has 0 spiro atoms. The zero-order valence-electron chi connectivity index (χ0n) is 9.89. The van der Waals surface area contributed by atoms with Gasteiger partial charge >= 0.3 is 6.61 Å². The van der Waals surface area contributed by atoms with E-state index in [-0.39, 0.29) is 22.3 Å². The van der Waals surface area contributed by atoms with Crippen molar-refractivity contribution in [3.63, 3.8) is 0 Å². The Kier molecular flexibility index (Phi) is 4.41. The Morgan fingerprint density at radius 2 is 2.15 bits per heavy atom. The van der Waals surface area contributed by atoms with Crippen molar-refractivity contribution in [2.75, 3.05) is 5.32 Å². The number of alkyl halides is 2. The number of anilines is 1. The zero-order chi connectivity index (χ0) is 14.5. The van der Waals surface area contributed by atoms with Crippen LogP contribution in [0, 0.1) is 0 Å². The molecule has 0 saturated heterocycles. The van der Waals surface area contributed by atoms with Gasteiger partial charge in [-0.1, -0.05) is 17.7 Å². The van der Waals surface area contributed by atoms with E-state index in [1.807, 2.05) is 0 Å². The summed E-state index contributed by atoms with van der Waals surface area (Å²) in [5, 5.41) is 2.55. The Bertz CT molecular complexity index is 625. The summed E-state index contributed by atoms with van der Waals surface area (Å²) in [6.07, 6.45) is 2.52. The van der Waals surface area contributed by atoms with Gasteiger partial charge in [-0.05, 0) is 12.1 Å². The van der Waals surface area contributed by atoms with E-state index in [1.165, 1.54) is 36.7 Å². The third-order valence-corrected chi connectivity index (χ3v) is 2.34. The summed E-state index contributed by atoms with van der Waals surface area (Å²) in [4.78, 5) is 19.3. The number of halogens is 3. The number of benzene rings is 1. The molecule has 1 aromatic carbocycles. The lowest BCUT2D eigenvalue weighted by Crippen LogP contribution is -2.14. The van der Waals surface area contributed by atoms with E-state index < -0.39 is 12.5 Å². The molecular formula is C12H8ClF2N3O2. The number of ether oxygens (including phenoxy) is 1. The van der Waals surface area contributed by atoms with Crippen LogP contribution in [-0.2, 0) is 0 Å². The predicted octanol–water partition coefficient (Wildman–Crippen LogP) is 2.98. The minimum absolute atomic E-state index is 0.0117. The highest BCUT2D eigenvalue weighted by Gasteiger charge is 2.10. The molecule has 0 atom stereocenters. The number of amides is 1. The summed E-state index contributed by atoms with van der Waals surface area (Å²) in [7, 11) is 0. The maximum Gasteiger partial charge on any atom is 0.387 e. The summed E-state index contributed by atoms with van der Waals surface area (Å²) in [5.41, 5.74) is 0.299. The van der Waals surface area contributed by atoms with Gasteiger partial charge in [-0.2, -0.15) is 8.78 Å². The minimum atomic E-state index is -2.93. The number of carbonyl (C=O) groups excluding carboxylic acids is 1. The SMILES string of the molecule is O=C(Nc1cccc(OC(F)F)c1)c1cncc(Cl)n1. The van der Waals surface area contributed by atoms with Crippen LogP contribution >= 0.6 is 11.6 Å². The number of hydrogen-bond donors (Lipinski definition) is 1. The Labute approximate surface area is 117 Å². The van der Waals surface area contributed by atoms with E-state index in [2.05, 4.69) is 20.0 Å². The van der Waals surface area contributed by atoms with Crippen molar-refractivity contribution < 1.29 is 18.3 Å². The van der Waals surface area contributed by atoms with Crippen molar-refractivity contribution in [1.82, 2.24) is 9.97 Å². The molecule has 0 bridgehead atoms. The van der Waals surface area contributed by atoms with Crippen molar-refractivity contribution in [3.8, 4) is 5.75 Å². The first-order valence-corrected chi connectivity index (χ1v) is 5.76. The lowest BCUT2D eigenvalue weighted by atomic mass is 10.3. The molecule has 1 N–H and O–H groups in total. The molecule has 0 saturated carbocycles. The molecule has 20 heavy (non-hydrogen) atoms. The third kappa shape index (κ3) is 3.86. The standard InChI is InChI=1S/C12H8ClF2N3O2/c13-10-6-16-5-9(18-10)11(19)17-7-2-1-3-8(4-7)20-12(14)15/h1-6,12H,(H,17,19). The molecular weight excluding hydrogens is 292 g/mol. The second kappa shape index (κ2) is 6.25. The Hall–Kier alpha value is -2.28. The maximum absolute atomic E-state index is 12.1. The van der Waals surface area contributed by atoms with Gasteiger partial charge in [0.1, 0.15) is 16.6 Å². The first kappa shape index (κ1) is 14.1. The van der Waals surface area contributed by atoms with Crippen molar-refractivity contribution in [2.45, 2.75) is 6.61 Å². The molecule has 1 aromatic heterocycles. The van der Waals surface area contributed by atoms with Crippen LogP contribution in [0.5, 0.6) is 5.75 Å². The molecule has 104 valence electrons. The smallest absolute Gasteiger partial charge is 0.387 e. The van der Waals surface area contributed by atoms with Crippen LogP contribution in [0.2, 0.25) is 5.15 Å². The van der Waals surface area contributed by atoms with E-state index in [9.17, 15) is 13.6 Å². The normalized spacial score (nSPS) is 10.4. The summed E-state index contributed by atoms with van der Waals surface area (Å²) in [6.45, 7) is -2.93. The number of aromatic nitrogens is 2. The lowest BCUT2D eigenvalue weighted by Gasteiger charge is -2.08. The number of carbonyl (C=O) groups is 1. The fourth-order valence-corrected chi connectivity index (χ4v) is 1.54. The molecule has 0 fully saturated rings. The average molecular weight is 300 g/mol. The minimum Gasteiger partial charge on any atom is -0.435 e. The monoisotopic (exact) mass is 299 g/mol. The van der Waals surface area contributed by atoms with E-state index in [0.29, 0.717) is 0 Å². The summed E-state index contributed by atoms with van der Waals surface area (Å²) in [5.74, 6) is -0.621. The molecule has 2 aromatic rings. The number of nitrogens with one attached hydrogen (secondary N) is 1. The average Bonchev–Trinajstić information content (AvgIpc) is 2.38. The molecule has 1 heterocycles. The molecule has 1 amide bonds. The highest BCUT2D eigenvalue weighted by Crippen LogP contribution is 2.19. The Balaban J connectivity index is 2.11. The van der Waals surface area contributed by atoms with Crippen molar-refractivity contribution in [1.29, 1.82) is 0 Å². The lowest BCUT2D eigenvalue weighted by molar-refractivity contribution is -0.0497. The topological polar surface area (TPSA) is 64.1 Å². The van der Waals surface area contributed by atoms with Gasteiger partial charge in [0.05, 0.1) is 12.4 Å². The predicted molar refractivity (Wildman–Crippen MR) is 68.1 cm³/mol. The Morgan fingerprint density at radius 3 is 2.85 bits per heavy atom. The number of rotatable bonds is 4. The fourth-order valence-electron chi connectivity index (χ4n) is 1.40. The zero-order valence-corrected chi connectivity index (χ0v) is 10.6. The van der Waals surface area contributed by atoms with Gasteiger partial charge in [-0.15, -0.1) is 0 Å². The quantitative estimate of drug-likeness (QED) is 0.942. The van der Waals surface area contributed by atoms with Crippen molar-refractivity contribution >= 4 is 23.2 Å². The molecule has 2 rings (SSSR count). The summed E-state index contributed by atoms with van der Waals surface area (Å²) < 4.78 is 28.4. The highest BCUT2D eigenvalue weighted by molar-refractivity contribution is 6.29. The van der Waals surface area contributed by atoms with Crippen LogP contribution in [0.3, 0.4) is 0 Å². The number of hydrogen-bond acceptors (Lipinski definition) is 4. The van der Waals surface area contributed by atoms with Gasteiger partial charge in [0.2, 0.25) is 0 Å². The van der Waals surface area contributed by atoms with Crippen LogP contribution in [-0.4, -0.2) is 22.5 Å². The van der Waals surface area contributed by atoms with Gasteiger partial charge in [0.15, 0.2) is 0 Å². The highest BCUT2D eigenvalue weighted by atomic mass is 35.5. The van der Waals surface area contributed by atoms with Crippen LogP contribution in [0.15, 0.2) is 36.7 Å². The molecule has 0 unspecified atom stereocenters. The van der Waals surface area contributed by atoms with E-state index in [4.69, 9.17) is 11.6 Å². The van der Waals surface area contributed by atoms with E-state index in [1.54, 1.807) is 0 Å². The molecule has 8 heteroatoms. The van der Waals surface area contributed by atoms with Crippen LogP contribution in [0.1, 0.15) is 10.5 Å². The van der Waals surface area contributed by atoms with Crippen LogP contribution in [0.25, 0.3) is 0 Å². The first-order valence-electron chi connectivity index (χ1n) is 5.38. The number of nitrogens with zero attached hydrogens (tertiary/aromatic N) is 2.